The predicted octanol–water partition coefficient (Wildman–Crippen LogP) is 5.52. The first-order chi connectivity index (χ1) is 16.8. The Morgan fingerprint density at radius 3 is 2.25 bits per heavy atom. The number of likely N-dealkylation sites (tertiary alicyclic amines) is 1. The van der Waals surface area contributed by atoms with Gasteiger partial charge in [-0.15, -0.1) is 17.5 Å². The van der Waals surface area contributed by atoms with E-state index in [1.54, 1.807) is 54.2 Å². The van der Waals surface area contributed by atoms with Gasteiger partial charge < -0.3 is 23.7 Å². The summed E-state index contributed by atoms with van der Waals surface area (Å²) in [6.07, 6.45) is -3.83. The molecule has 1 aliphatic rings. The number of rotatable bonds is 7. The van der Waals surface area contributed by atoms with Crippen LogP contribution in [0, 0.1) is 0 Å². The Hall–Kier alpha value is -2.63. The number of piperidine rings is 1. The van der Waals surface area contributed by atoms with Crippen LogP contribution >= 0.6 is 0 Å². The standard InChI is InChI=1S/C25H31F3N2O5S/c1-24(2,3)35-23(31)29-15-5-6-19(17-29)30(36(32)22-13-11-20(33-4)12-14-22)16-18-7-9-21(10-8-18)34-25(26,27)28/h7-14,19H,5-6,15-17H2,1-4H3. The number of methoxy groups -OCH3 is 1. The van der Waals surface area contributed by atoms with Crippen LogP contribution in [0.2, 0.25) is 0 Å². The van der Waals surface area contributed by atoms with Gasteiger partial charge >= 0.3 is 12.5 Å². The van der Waals surface area contributed by atoms with Crippen LogP contribution in [0.25, 0.3) is 0 Å². The Balaban J connectivity index is 1.83. The minimum Gasteiger partial charge on any atom is -0.593 e. The van der Waals surface area contributed by atoms with Gasteiger partial charge in [0.05, 0.1) is 31.1 Å². The second-order valence-electron chi connectivity index (χ2n) is 9.41. The van der Waals surface area contributed by atoms with Crippen molar-refractivity contribution in [2.24, 2.45) is 0 Å². The molecule has 198 valence electrons. The van der Waals surface area contributed by atoms with Crippen molar-refractivity contribution in [3.63, 3.8) is 0 Å². The topological polar surface area (TPSA) is 74.3 Å². The molecule has 0 radical (unpaired) electrons. The molecule has 3 rings (SSSR count). The summed E-state index contributed by atoms with van der Waals surface area (Å²) >= 11 is -1.61. The lowest BCUT2D eigenvalue weighted by molar-refractivity contribution is -0.274. The molecule has 11 heteroatoms. The quantitative estimate of drug-likeness (QED) is 0.441. The minimum absolute atomic E-state index is 0.192. The van der Waals surface area contributed by atoms with E-state index in [-0.39, 0.29) is 18.3 Å². The summed E-state index contributed by atoms with van der Waals surface area (Å²) in [5.41, 5.74) is 0.0105. The summed E-state index contributed by atoms with van der Waals surface area (Å²) in [7, 11) is 1.54. The summed E-state index contributed by atoms with van der Waals surface area (Å²) in [6, 6.07) is 12.0. The summed E-state index contributed by atoms with van der Waals surface area (Å²) in [4.78, 5) is 14.8. The lowest BCUT2D eigenvalue weighted by atomic mass is 10.1. The third-order valence-electron chi connectivity index (χ3n) is 5.42. The lowest BCUT2D eigenvalue weighted by Gasteiger charge is -2.38. The summed E-state index contributed by atoms with van der Waals surface area (Å²) in [5, 5.41) is 0. The molecule has 0 aliphatic carbocycles. The zero-order valence-electron chi connectivity index (χ0n) is 20.7. The smallest absolute Gasteiger partial charge is 0.573 e. The van der Waals surface area contributed by atoms with E-state index in [9.17, 15) is 22.5 Å². The molecule has 36 heavy (non-hydrogen) atoms. The Morgan fingerprint density at radius 1 is 1.08 bits per heavy atom. The van der Waals surface area contributed by atoms with Crippen LogP contribution in [0.3, 0.4) is 0 Å². The zero-order chi connectivity index (χ0) is 26.5. The molecule has 2 unspecified atom stereocenters. The van der Waals surface area contributed by atoms with E-state index in [4.69, 9.17) is 9.47 Å². The zero-order valence-corrected chi connectivity index (χ0v) is 21.5. The van der Waals surface area contributed by atoms with E-state index in [0.717, 1.165) is 0 Å². The number of ether oxygens (including phenoxy) is 3. The monoisotopic (exact) mass is 528 g/mol. The number of benzene rings is 2. The van der Waals surface area contributed by atoms with E-state index in [0.29, 0.717) is 42.1 Å². The maximum absolute atomic E-state index is 13.7. The van der Waals surface area contributed by atoms with Gasteiger partial charge in [-0.1, -0.05) is 12.1 Å². The number of hydrogen-bond acceptors (Lipinski definition) is 6. The number of amides is 1. The van der Waals surface area contributed by atoms with Gasteiger partial charge in [0.25, 0.3) is 0 Å². The van der Waals surface area contributed by atoms with Crippen LogP contribution in [-0.2, 0) is 22.6 Å². The molecule has 0 bridgehead atoms. The fourth-order valence-corrected chi connectivity index (χ4v) is 5.16. The third-order valence-corrected chi connectivity index (χ3v) is 6.95. The minimum atomic E-state index is -4.78. The van der Waals surface area contributed by atoms with Crippen molar-refractivity contribution < 1.29 is 36.7 Å². The number of hydrogen-bond donors (Lipinski definition) is 0. The van der Waals surface area contributed by atoms with Gasteiger partial charge in [-0.3, -0.25) is 0 Å². The predicted molar refractivity (Wildman–Crippen MR) is 129 cm³/mol. The molecule has 1 aliphatic heterocycles. The first-order valence-electron chi connectivity index (χ1n) is 11.5. The van der Waals surface area contributed by atoms with Crippen molar-refractivity contribution in [2.75, 3.05) is 20.2 Å². The van der Waals surface area contributed by atoms with Crippen LogP contribution in [-0.4, -0.2) is 58.1 Å². The maximum atomic E-state index is 13.7. The SMILES string of the molecule is COc1ccc([S+]([O-])N(Cc2ccc(OC(F)(F)F)cc2)C2CCCN(C(=O)OC(C)(C)C)C2)cc1. The van der Waals surface area contributed by atoms with Gasteiger partial charge in [0.1, 0.15) is 17.1 Å². The average molecular weight is 529 g/mol. The summed E-state index contributed by atoms with van der Waals surface area (Å²) in [6.45, 7) is 6.42. The van der Waals surface area contributed by atoms with Gasteiger partial charge in [-0.2, -0.15) is 0 Å². The van der Waals surface area contributed by atoms with E-state index in [1.165, 1.54) is 31.4 Å². The van der Waals surface area contributed by atoms with Crippen molar-refractivity contribution in [3.8, 4) is 11.5 Å². The molecule has 0 aromatic heterocycles. The number of nitrogens with zero attached hydrogens (tertiary/aromatic N) is 2. The molecule has 7 nitrogen and oxygen atoms in total. The highest BCUT2D eigenvalue weighted by atomic mass is 32.2. The Labute approximate surface area is 212 Å². The van der Waals surface area contributed by atoms with Gasteiger partial charge in [0.15, 0.2) is 4.90 Å². The summed E-state index contributed by atoms with van der Waals surface area (Å²) < 4.78 is 67.7. The molecule has 1 fully saturated rings. The third kappa shape index (κ3) is 8.21. The molecule has 1 saturated heterocycles. The number of alkyl halides is 3. The maximum Gasteiger partial charge on any atom is 0.573 e. The normalized spacial score (nSPS) is 17.6. The van der Waals surface area contributed by atoms with Crippen molar-refractivity contribution in [1.29, 1.82) is 0 Å². The second-order valence-corrected chi connectivity index (χ2v) is 10.9. The summed E-state index contributed by atoms with van der Waals surface area (Å²) in [5.74, 6) is 0.291. The first kappa shape index (κ1) is 27.9. The van der Waals surface area contributed by atoms with Crippen LogP contribution in [0.5, 0.6) is 11.5 Å². The van der Waals surface area contributed by atoms with Gasteiger partial charge in [0.2, 0.25) is 0 Å². The molecule has 0 N–H and O–H groups in total. The molecule has 2 aromatic rings. The lowest BCUT2D eigenvalue weighted by Crippen LogP contribution is -2.52. The Bertz CT molecular complexity index is 997. The first-order valence-corrected chi connectivity index (χ1v) is 12.6. The molecular weight excluding hydrogens is 497 g/mol. The fourth-order valence-electron chi connectivity index (χ4n) is 3.81. The van der Waals surface area contributed by atoms with Crippen molar-refractivity contribution >= 4 is 17.5 Å². The second kappa shape index (κ2) is 11.6. The largest absolute Gasteiger partial charge is 0.593 e. The number of carbonyl (C=O) groups excluding carboxylic acids is 1. The van der Waals surface area contributed by atoms with Crippen molar-refractivity contribution in [2.45, 2.75) is 63.1 Å². The van der Waals surface area contributed by atoms with Gasteiger partial charge in [0, 0.05) is 13.1 Å². The number of halogens is 3. The fraction of sp³-hybridized carbons (Fsp3) is 0.480. The van der Waals surface area contributed by atoms with E-state index < -0.39 is 29.4 Å². The Morgan fingerprint density at radius 2 is 1.69 bits per heavy atom. The van der Waals surface area contributed by atoms with E-state index in [2.05, 4.69) is 4.74 Å². The van der Waals surface area contributed by atoms with E-state index in [1.807, 2.05) is 0 Å². The molecule has 1 heterocycles. The highest BCUT2D eigenvalue weighted by molar-refractivity contribution is 7.89. The highest BCUT2D eigenvalue weighted by Crippen LogP contribution is 2.29. The van der Waals surface area contributed by atoms with Crippen LogP contribution < -0.4 is 9.47 Å². The molecule has 0 spiro atoms. The Kier molecular flexibility index (Phi) is 9.02. The van der Waals surface area contributed by atoms with E-state index >= 15 is 0 Å². The van der Waals surface area contributed by atoms with Crippen LogP contribution in [0.15, 0.2) is 53.4 Å². The van der Waals surface area contributed by atoms with Crippen molar-refractivity contribution in [1.82, 2.24) is 9.21 Å². The van der Waals surface area contributed by atoms with Crippen LogP contribution in [0.1, 0.15) is 39.2 Å². The molecule has 1 amide bonds. The van der Waals surface area contributed by atoms with Gasteiger partial charge in [-0.05, 0) is 75.6 Å². The average Bonchev–Trinajstić information content (AvgIpc) is 2.81. The van der Waals surface area contributed by atoms with Crippen molar-refractivity contribution in [3.05, 3.63) is 54.1 Å². The molecular formula is C25H31F3N2O5S. The number of carbonyl (C=O) groups is 1. The van der Waals surface area contributed by atoms with Crippen LogP contribution in [0.4, 0.5) is 18.0 Å². The molecule has 2 atom stereocenters. The van der Waals surface area contributed by atoms with Gasteiger partial charge in [-0.25, -0.2) is 4.79 Å². The highest BCUT2D eigenvalue weighted by Gasteiger charge is 2.37. The molecule has 2 aromatic carbocycles. The molecule has 0 saturated carbocycles.